The van der Waals surface area contributed by atoms with Crippen molar-refractivity contribution in [3.8, 4) is 0 Å². The first-order chi connectivity index (χ1) is 13.8. The minimum absolute atomic E-state index is 0.0905. The van der Waals surface area contributed by atoms with E-state index in [1.165, 1.54) is 0 Å². The highest BCUT2D eigenvalue weighted by Gasteiger charge is 2.32. The van der Waals surface area contributed by atoms with Crippen molar-refractivity contribution in [2.45, 2.75) is 34.2 Å². The number of amides is 3. The van der Waals surface area contributed by atoms with Crippen molar-refractivity contribution in [3.05, 3.63) is 30.5 Å². The number of hydrogen-bond donors (Lipinski definition) is 1. The summed E-state index contributed by atoms with van der Waals surface area (Å²) < 4.78 is 1.93. The minimum atomic E-state index is -0.188. The van der Waals surface area contributed by atoms with Gasteiger partial charge in [0.15, 0.2) is 0 Å². The minimum Gasteiger partial charge on any atom is -0.342 e. The van der Waals surface area contributed by atoms with Gasteiger partial charge in [0.1, 0.15) is 12.3 Å². The second-order valence-corrected chi connectivity index (χ2v) is 7.82. The van der Waals surface area contributed by atoms with E-state index in [1.807, 2.05) is 67.6 Å². The summed E-state index contributed by atoms with van der Waals surface area (Å²) in [7, 11) is 0. The van der Waals surface area contributed by atoms with E-state index in [1.54, 1.807) is 4.90 Å². The van der Waals surface area contributed by atoms with Gasteiger partial charge in [-0.05, 0) is 38.1 Å². The van der Waals surface area contributed by atoms with Crippen LogP contribution in [0, 0.1) is 11.8 Å². The average molecular weight is 399 g/mol. The Labute approximate surface area is 171 Å². The van der Waals surface area contributed by atoms with Crippen molar-refractivity contribution >= 4 is 34.3 Å². The molecule has 7 heteroatoms. The van der Waals surface area contributed by atoms with Crippen LogP contribution in [0.25, 0.3) is 10.9 Å². The Morgan fingerprint density at radius 1 is 1.10 bits per heavy atom. The molecule has 1 aliphatic heterocycles. The molecule has 1 fully saturated rings. The Morgan fingerprint density at radius 3 is 2.38 bits per heavy atom. The first-order valence-electron chi connectivity index (χ1n) is 10.3. The molecule has 0 radical (unpaired) electrons. The third-order valence-corrected chi connectivity index (χ3v) is 5.69. The lowest BCUT2D eigenvalue weighted by Gasteiger charge is -2.33. The Balaban J connectivity index is 1.70. The highest BCUT2D eigenvalue weighted by atomic mass is 16.2. The number of nitrogens with one attached hydrogen (secondary N) is 1. The zero-order valence-electron chi connectivity index (χ0n) is 17.6. The number of rotatable bonds is 5. The lowest BCUT2D eigenvalue weighted by molar-refractivity contribution is -0.131. The number of aromatic nitrogens is 1. The number of likely N-dealkylation sites (N-methyl/N-ethyl adjacent to an activating group) is 1. The number of ketones is 1. The number of carbonyl (C=O) groups is 3. The van der Waals surface area contributed by atoms with E-state index in [0.717, 1.165) is 10.9 Å². The molecule has 1 N–H and O–H groups in total. The molecule has 0 aliphatic carbocycles. The molecular weight excluding hydrogens is 368 g/mol. The highest BCUT2D eigenvalue weighted by molar-refractivity contribution is 5.94. The largest absolute Gasteiger partial charge is 0.342 e. The van der Waals surface area contributed by atoms with E-state index in [9.17, 15) is 14.4 Å². The summed E-state index contributed by atoms with van der Waals surface area (Å²) in [6, 6.07) is 7.44. The van der Waals surface area contributed by atoms with Crippen LogP contribution in [-0.4, -0.2) is 58.3 Å². The summed E-state index contributed by atoms with van der Waals surface area (Å²) >= 11 is 0. The van der Waals surface area contributed by atoms with Crippen molar-refractivity contribution in [1.82, 2.24) is 14.4 Å². The molecule has 2 aromatic rings. The molecule has 1 aromatic carbocycles. The predicted molar refractivity (Wildman–Crippen MR) is 114 cm³/mol. The van der Waals surface area contributed by atoms with Gasteiger partial charge in [0.05, 0.1) is 0 Å². The molecule has 0 spiro atoms. The normalized spacial score (nSPS) is 19.4. The Kier molecular flexibility index (Phi) is 6.25. The van der Waals surface area contributed by atoms with Crippen LogP contribution in [0.4, 0.5) is 10.5 Å². The topological polar surface area (TPSA) is 74.7 Å². The molecule has 2 heterocycles. The number of benzene rings is 1. The smallest absolute Gasteiger partial charge is 0.321 e. The average Bonchev–Trinajstić information content (AvgIpc) is 3.08. The first-order valence-corrected chi connectivity index (χ1v) is 10.3. The first kappa shape index (κ1) is 20.9. The fourth-order valence-corrected chi connectivity index (χ4v) is 4.01. The summed E-state index contributed by atoms with van der Waals surface area (Å²) in [4.78, 5) is 40.5. The Hall–Kier alpha value is -2.83. The monoisotopic (exact) mass is 398 g/mol. The second-order valence-electron chi connectivity index (χ2n) is 7.82. The van der Waals surface area contributed by atoms with Gasteiger partial charge in [-0.1, -0.05) is 13.8 Å². The SMILES string of the molecule is CCN(CC)C(=O)Cn1ccc2cc(NC(=O)N3C[C@@H](C)C(=O)[C@H](C)C3)ccc21. The molecule has 156 valence electrons. The van der Waals surface area contributed by atoms with Crippen LogP contribution in [0.2, 0.25) is 0 Å². The summed E-state index contributed by atoms with van der Waals surface area (Å²) in [5.41, 5.74) is 1.65. The molecule has 1 saturated heterocycles. The highest BCUT2D eigenvalue weighted by Crippen LogP contribution is 2.23. The number of likely N-dealkylation sites (tertiary alicyclic amines) is 1. The van der Waals surface area contributed by atoms with Gasteiger partial charge in [-0.2, -0.15) is 0 Å². The van der Waals surface area contributed by atoms with Gasteiger partial charge >= 0.3 is 6.03 Å². The lowest BCUT2D eigenvalue weighted by Crippen LogP contribution is -2.49. The standard InChI is InChI=1S/C22H30N4O3/c1-5-24(6-2)20(27)14-25-10-9-17-11-18(7-8-19(17)25)23-22(29)26-12-15(3)21(28)16(4)13-26/h7-11,15-16H,5-6,12-14H2,1-4H3,(H,23,29)/t15-,16-/m1/s1. The molecule has 2 atom stereocenters. The maximum atomic E-state index is 12.6. The number of carbonyl (C=O) groups excluding carboxylic acids is 3. The van der Waals surface area contributed by atoms with Crippen molar-refractivity contribution in [2.75, 3.05) is 31.5 Å². The third-order valence-electron chi connectivity index (χ3n) is 5.69. The number of Topliss-reactive ketones (excluding diaryl/α,β-unsaturated/α-hetero) is 1. The fourth-order valence-electron chi connectivity index (χ4n) is 4.01. The van der Waals surface area contributed by atoms with Gasteiger partial charge in [0, 0.05) is 60.8 Å². The third kappa shape index (κ3) is 4.44. The molecule has 1 aromatic heterocycles. The molecule has 0 saturated carbocycles. The maximum Gasteiger partial charge on any atom is 0.321 e. The van der Waals surface area contributed by atoms with E-state index < -0.39 is 0 Å². The van der Waals surface area contributed by atoms with E-state index in [4.69, 9.17) is 0 Å². The van der Waals surface area contributed by atoms with Crippen molar-refractivity contribution in [1.29, 1.82) is 0 Å². The Morgan fingerprint density at radius 2 is 1.76 bits per heavy atom. The van der Waals surface area contributed by atoms with Gasteiger partial charge in [-0.25, -0.2) is 4.79 Å². The summed E-state index contributed by atoms with van der Waals surface area (Å²) in [6.07, 6.45) is 1.90. The zero-order valence-corrected chi connectivity index (χ0v) is 17.6. The van der Waals surface area contributed by atoms with Crippen LogP contribution in [0.3, 0.4) is 0 Å². The van der Waals surface area contributed by atoms with E-state index >= 15 is 0 Å². The fraction of sp³-hybridized carbons (Fsp3) is 0.500. The van der Waals surface area contributed by atoms with Crippen molar-refractivity contribution < 1.29 is 14.4 Å². The lowest BCUT2D eigenvalue weighted by atomic mass is 9.90. The van der Waals surface area contributed by atoms with Crippen LogP contribution in [0.1, 0.15) is 27.7 Å². The number of urea groups is 1. The van der Waals surface area contributed by atoms with E-state index in [-0.39, 0.29) is 29.6 Å². The van der Waals surface area contributed by atoms with Crippen molar-refractivity contribution in [2.24, 2.45) is 11.8 Å². The maximum absolute atomic E-state index is 12.6. The second kappa shape index (κ2) is 8.68. The number of nitrogens with zero attached hydrogens (tertiary/aromatic N) is 3. The molecule has 0 bridgehead atoms. The summed E-state index contributed by atoms with van der Waals surface area (Å²) in [6.45, 7) is 10.3. The van der Waals surface area contributed by atoms with E-state index in [2.05, 4.69) is 5.32 Å². The van der Waals surface area contributed by atoms with Gasteiger partial charge in [0.25, 0.3) is 0 Å². The number of anilines is 1. The molecule has 3 amide bonds. The molecule has 0 unspecified atom stereocenters. The van der Waals surface area contributed by atoms with Gasteiger partial charge in [-0.15, -0.1) is 0 Å². The molecule has 1 aliphatic rings. The van der Waals surface area contributed by atoms with Crippen LogP contribution < -0.4 is 5.32 Å². The van der Waals surface area contributed by atoms with E-state index in [0.29, 0.717) is 38.4 Å². The van der Waals surface area contributed by atoms with Gasteiger partial charge < -0.3 is 19.7 Å². The predicted octanol–water partition coefficient (Wildman–Crippen LogP) is 3.20. The quantitative estimate of drug-likeness (QED) is 0.840. The van der Waals surface area contributed by atoms with Crippen LogP contribution in [0.5, 0.6) is 0 Å². The summed E-state index contributed by atoms with van der Waals surface area (Å²) in [5, 5.41) is 3.90. The van der Waals surface area contributed by atoms with Gasteiger partial charge in [0.2, 0.25) is 5.91 Å². The van der Waals surface area contributed by atoms with Crippen LogP contribution >= 0.6 is 0 Å². The number of fused-ring (bicyclic) bond motifs is 1. The molecular formula is C22H30N4O3. The Bertz CT molecular complexity index is 902. The van der Waals surface area contributed by atoms with Crippen LogP contribution in [0.15, 0.2) is 30.5 Å². The summed E-state index contributed by atoms with van der Waals surface area (Å²) in [5.74, 6) is 0.0394. The van der Waals surface area contributed by atoms with Crippen LogP contribution in [-0.2, 0) is 16.1 Å². The molecule has 3 rings (SSSR count). The number of hydrogen-bond acceptors (Lipinski definition) is 3. The van der Waals surface area contributed by atoms with Crippen molar-refractivity contribution in [3.63, 3.8) is 0 Å². The number of piperidine rings is 1. The molecule has 7 nitrogen and oxygen atoms in total. The molecule has 29 heavy (non-hydrogen) atoms. The zero-order chi connectivity index (χ0) is 21.1. The van der Waals surface area contributed by atoms with Gasteiger partial charge in [-0.3, -0.25) is 9.59 Å².